The number of aromatic carboxylic acids is 1. The highest BCUT2D eigenvalue weighted by Gasteiger charge is 2.12. The summed E-state index contributed by atoms with van der Waals surface area (Å²) in [6.45, 7) is 3.36. The molecule has 3 heteroatoms. The van der Waals surface area contributed by atoms with Crippen molar-refractivity contribution in [2.24, 2.45) is 0 Å². The normalized spacial score (nSPS) is 15.6. The molecule has 2 aromatic carbocycles. The number of likely N-dealkylation sites (tertiary alicyclic amines) is 1. The van der Waals surface area contributed by atoms with Gasteiger partial charge < -0.3 is 5.11 Å². The van der Waals surface area contributed by atoms with Crippen LogP contribution in [0.5, 0.6) is 0 Å². The SMILES string of the molecule is O=C(O)c1ccccc1-c1ccc(CN2CCCCC2)cc1. The van der Waals surface area contributed by atoms with E-state index in [1.165, 1.54) is 37.9 Å². The summed E-state index contributed by atoms with van der Waals surface area (Å²) in [5.74, 6) is -0.881. The van der Waals surface area contributed by atoms with Crippen LogP contribution in [-0.2, 0) is 6.54 Å². The van der Waals surface area contributed by atoms with Crippen molar-refractivity contribution in [2.45, 2.75) is 25.8 Å². The summed E-state index contributed by atoms with van der Waals surface area (Å²) in [5.41, 5.74) is 3.38. The van der Waals surface area contributed by atoms with Crippen molar-refractivity contribution in [3.8, 4) is 11.1 Å². The van der Waals surface area contributed by atoms with Crippen LogP contribution < -0.4 is 0 Å². The van der Waals surface area contributed by atoms with E-state index in [2.05, 4.69) is 17.0 Å². The maximum absolute atomic E-state index is 11.3. The number of rotatable bonds is 4. The van der Waals surface area contributed by atoms with E-state index in [9.17, 15) is 9.90 Å². The Morgan fingerprint density at radius 2 is 1.64 bits per heavy atom. The molecule has 0 aromatic heterocycles. The molecule has 1 aliphatic heterocycles. The second-order valence-corrected chi connectivity index (χ2v) is 5.88. The topological polar surface area (TPSA) is 40.5 Å². The molecule has 1 saturated heterocycles. The molecule has 0 bridgehead atoms. The van der Waals surface area contributed by atoms with Gasteiger partial charge in [-0.2, -0.15) is 0 Å². The van der Waals surface area contributed by atoms with Crippen LogP contribution in [0.15, 0.2) is 48.5 Å². The number of carboxylic acids is 1. The molecule has 0 unspecified atom stereocenters. The van der Waals surface area contributed by atoms with Gasteiger partial charge in [0.15, 0.2) is 0 Å². The number of carboxylic acid groups (broad SMARTS) is 1. The first-order valence-corrected chi connectivity index (χ1v) is 7.88. The molecule has 0 aliphatic carbocycles. The summed E-state index contributed by atoms with van der Waals surface area (Å²) >= 11 is 0. The van der Waals surface area contributed by atoms with E-state index in [4.69, 9.17) is 0 Å². The Balaban J connectivity index is 1.78. The Morgan fingerprint density at radius 1 is 0.955 bits per heavy atom. The number of piperidine rings is 1. The number of nitrogens with zero attached hydrogens (tertiary/aromatic N) is 1. The minimum Gasteiger partial charge on any atom is -0.478 e. The fourth-order valence-electron chi connectivity index (χ4n) is 3.09. The summed E-state index contributed by atoms with van der Waals surface area (Å²) < 4.78 is 0. The van der Waals surface area contributed by atoms with E-state index in [1.54, 1.807) is 12.1 Å². The Kier molecular flexibility index (Phi) is 4.54. The van der Waals surface area contributed by atoms with Gasteiger partial charge in [-0.25, -0.2) is 4.79 Å². The summed E-state index contributed by atoms with van der Waals surface area (Å²) in [6.07, 6.45) is 3.94. The van der Waals surface area contributed by atoms with Gasteiger partial charge in [-0.1, -0.05) is 48.9 Å². The van der Waals surface area contributed by atoms with Gasteiger partial charge in [0.2, 0.25) is 0 Å². The molecule has 3 rings (SSSR count). The van der Waals surface area contributed by atoms with Gasteiger partial charge >= 0.3 is 5.97 Å². The molecule has 0 saturated carbocycles. The zero-order valence-corrected chi connectivity index (χ0v) is 12.7. The molecule has 1 N–H and O–H groups in total. The quantitative estimate of drug-likeness (QED) is 0.925. The zero-order chi connectivity index (χ0) is 15.4. The van der Waals surface area contributed by atoms with Crippen molar-refractivity contribution in [1.29, 1.82) is 0 Å². The molecule has 2 aromatic rings. The summed E-state index contributed by atoms with van der Waals surface area (Å²) in [5, 5.41) is 9.29. The third kappa shape index (κ3) is 3.37. The molecule has 114 valence electrons. The molecule has 0 spiro atoms. The third-order valence-corrected chi connectivity index (χ3v) is 4.28. The van der Waals surface area contributed by atoms with Gasteiger partial charge in [-0.15, -0.1) is 0 Å². The highest BCUT2D eigenvalue weighted by molar-refractivity contribution is 5.95. The van der Waals surface area contributed by atoms with E-state index in [0.29, 0.717) is 5.56 Å². The third-order valence-electron chi connectivity index (χ3n) is 4.28. The van der Waals surface area contributed by atoms with Crippen LogP contribution in [0.2, 0.25) is 0 Å². The van der Waals surface area contributed by atoms with Gasteiger partial charge in [-0.05, 0) is 48.7 Å². The summed E-state index contributed by atoms with van der Waals surface area (Å²) in [7, 11) is 0. The van der Waals surface area contributed by atoms with Crippen LogP contribution in [-0.4, -0.2) is 29.1 Å². The van der Waals surface area contributed by atoms with Crippen LogP contribution in [0.3, 0.4) is 0 Å². The van der Waals surface area contributed by atoms with Gasteiger partial charge in [0.1, 0.15) is 0 Å². The average molecular weight is 295 g/mol. The van der Waals surface area contributed by atoms with Crippen molar-refractivity contribution in [2.75, 3.05) is 13.1 Å². The minimum absolute atomic E-state index is 0.353. The molecular formula is C19H21NO2. The summed E-state index contributed by atoms with van der Waals surface area (Å²) in [6, 6.07) is 15.4. The maximum Gasteiger partial charge on any atom is 0.336 e. The highest BCUT2D eigenvalue weighted by Crippen LogP contribution is 2.24. The standard InChI is InChI=1S/C19H21NO2/c21-19(22)18-7-3-2-6-17(18)16-10-8-15(9-11-16)14-20-12-4-1-5-13-20/h2-3,6-11H,1,4-5,12-14H2,(H,21,22). The Hall–Kier alpha value is -2.13. The predicted molar refractivity (Wildman–Crippen MR) is 88.0 cm³/mol. The van der Waals surface area contributed by atoms with Crippen LogP contribution in [0.25, 0.3) is 11.1 Å². The lowest BCUT2D eigenvalue weighted by Gasteiger charge is -2.26. The number of hydrogen-bond acceptors (Lipinski definition) is 2. The van der Waals surface area contributed by atoms with Crippen molar-refractivity contribution in [3.63, 3.8) is 0 Å². The lowest BCUT2D eigenvalue weighted by atomic mass is 9.98. The molecule has 1 aliphatic rings. The van der Waals surface area contributed by atoms with E-state index >= 15 is 0 Å². The second-order valence-electron chi connectivity index (χ2n) is 5.88. The highest BCUT2D eigenvalue weighted by atomic mass is 16.4. The van der Waals surface area contributed by atoms with E-state index in [1.807, 2.05) is 24.3 Å². The monoisotopic (exact) mass is 295 g/mol. The van der Waals surface area contributed by atoms with E-state index < -0.39 is 5.97 Å². The molecule has 0 atom stereocenters. The fourth-order valence-corrected chi connectivity index (χ4v) is 3.09. The Labute approximate surface area is 131 Å². The first kappa shape index (κ1) is 14.8. The van der Waals surface area contributed by atoms with Crippen molar-refractivity contribution in [3.05, 3.63) is 59.7 Å². The lowest BCUT2D eigenvalue weighted by Crippen LogP contribution is -2.28. The number of hydrogen-bond donors (Lipinski definition) is 1. The fraction of sp³-hybridized carbons (Fsp3) is 0.316. The number of benzene rings is 2. The Morgan fingerprint density at radius 3 is 2.32 bits per heavy atom. The Bertz CT molecular complexity index is 643. The average Bonchev–Trinajstić information content (AvgIpc) is 2.56. The van der Waals surface area contributed by atoms with E-state index in [0.717, 1.165) is 17.7 Å². The van der Waals surface area contributed by atoms with Crippen LogP contribution in [0, 0.1) is 0 Å². The molecule has 22 heavy (non-hydrogen) atoms. The van der Waals surface area contributed by atoms with Gasteiger partial charge in [0.25, 0.3) is 0 Å². The van der Waals surface area contributed by atoms with Gasteiger partial charge in [0, 0.05) is 6.54 Å². The molecule has 3 nitrogen and oxygen atoms in total. The van der Waals surface area contributed by atoms with Crippen LogP contribution in [0.4, 0.5) is 0 Å². The molecule has 0 amide bonds. The largest absolute Gasteiger partial charge is 0.478 e. The van der Waals surface area contributed by atoms with Crippen molar-refractivity contribution in [1.82, 2.24) is 4.90 Å². The first-order valence-electron chi connectivity index (χ1n) is 7.88. The maximum atomic E-state index is 11.3. The lowest BCUT2D eigenvalue weighted by molar-refractivity contribution is 0.0697. The summed E-state index contributed by atoms with van der Waals surface area (Å²) in [4.78, 5) is 13.8. The predicted octanol–water partition coefficient (Wildman–Crippen LogP) is 4.04. The van der Waals surface area contributed by atoms with Crippen LogP contribution >= 0.6 is 0 Å². The van der Waals surface area contributed by atoms with Gasteiger partial charge in [-0.3, -0.25) is 4.90 Å². The van der Waals surface area contributed by atoms with E-state index in [-0.39, 0.29) is 0 Å². The zero-order valence-electron chi connectivity index (χ0n) is 12.7. The molecule has 1 heterocycles. The van der Waals surface area contributed by atoms with Crippen molar-refractivity contribution >= 4 is 5.97 Å². The van der Waals surface area contributed by atoms with Crippen molar-refractivity contribution < 1.29 is 9.90 Å². The molecule has 1 fully saturated rings. The minimum atomic E-state index is -0.881. The van der Waals surface area contributed by atoms with Gasteiger partial charge in [0.05, 0.1) is 5.56 Å². The van der Waals surface area contributed by atoms with Crippen LogP contribution in [0.1, 0.15) is 35.2 Å². The first-order chi connectivity index (χ1) is 10.7. The smallest absolute Gasteiger partial charge is 0.336 e. The number of carbonyl (C=O) groups is 1. The molecule has 0 radical (unpaired) electrons. The second kappa shape index (κ2) is 6.75. The molecular weight excluding hydrogens is 274 g/mol.